The Kier molecular flexibility index (Phi) is 5.53. The van der Waals surface area contributed by atoms with Gasteiger partial charge in [0.2, 0.25) is 11.8 Å². The van der Waals surface area contributed by atoms with Crippen LogP contribution in [0.4, 0.5) is 5.69 Å². The Labute approximate surface area is 127 Å². The lowest BCUT2D eigenvalue weighted by atomic mass is 10.1. The zero-order valence-electron chi connectivity index (χ0n) is 13.9. The lowest BCUT2D eigenvalue weighted by molar-refractivity contribution is -0.134. The zero-order chi connectivity index (χ0) is 16.2. The van der Waals surface area contributed by atoms with Gasteiger partial charge in [-0.05, 0) is 51.8 Å². The number of amides is 2. The number of benzene rings is 1. The molecule has 0 saturated carbocycles. The van der Waals surface area contributed by atoms with E-state index in [-0.39, 0.29) is 17.4 Å². The summed E-state index contributed by atoms with van der Waals surface area (Å²) in [6.45, 7) is 11.9. The summed E-state index contributed by atoms with van der Waals surface area (Å²) in [5.41, 5.74) is 2.79. The van der Waals surface area contributed by atoms with Gasteiger partial charge in [0.15, 0.2) is 0 Å². The van der Waals surface area contributed by atoms with Crippen LogP contribution in [0.2, 0.25) is 0 Å². The predicted octanol–water partition coefficient (Wildman–Crippen LogP) is 3.28. The van der Waals surface area contributed by atoms with Crippen molar-refractivity contribution in [2.24, 2.45) is 0 Å². The molecule has 0 heterocycles. The number of carbonyl (C=O) groups excluding carboxylic acids is 2. The van der Waals surface area contributed by atoms with Gasteiger partial charge in [0, 0.05) is 31.1 Å². The fraction of sp³-hybridized carbons (Fsp3) is 0.529. The van der Waals surface area contributed by atoms with Crippen molar-refractivity contribution in [1.82, 2.24) is 4.90 Å². The van der Waals surface area contributed by atoms with Crippen molar-refractivity contribution < 1.29 is 9.59 Å². The monoisotopic (exact) mass is 290 g/mol. The van der Waals surface area contributed by atoms with Gasteiger partial charge in [-0.1, -0.05) is 12.1 Å². The van der Waals surface area contributed by atoms with Crippen LogP contribution in [0.5, 0.6) is 0 Å². The molecule has 0 aliphatic carbocycles. The van der Waals surface area contributed by atoms with E-state index in [2.05, 4.69) is 5.32 Å². The number of carbonyl (C=O) groups is 2. The van der Waals surface area contributed by atoms with E-state index < -0.39 is 0 Å². The normalized spacial score (nSPS) is 11.1. The summed E-state index contributed by atoms with van der Waals surface area (Å²) in [6, 6.07) is 5.84. The molecule has 0 spiro atoms. The van der Waals surface area contributed by atoms with Crippen LogP contribution in [0.15, 0.2) is 18.2 Å². The number of hydrogen-bond donors (Lipinski definition) is 1. The lowest BCUT2D eigenvalue weighted by Gasteiger charge is -2.34. The molecular weight excluding hydrogens is 264 g/mol. The lowest BCUT2D eigenvalue weighted by Crippen LogP contribution is -2.45. The molecule has 0 bridgehead atoms. The van der Waals surface area contributed by atoms with Crippen LogP contribution in [-0.4, -0.2) is 28.8 Å². The average molecular weight is 290 g/mol. The highest BCUT2D eigenvalue weighted by atomic mass is 16.2. The molecule has 0 aliphatic heterocycles. The molecule has 21 heavy (non-hydrogen) atoms. The second-order valence-corrected chi connectivity index (χ2v) is 6.39. The Bertz CT molecular complexity index is 530. The van der Waals surface area contributed by atoms with E-state index in [0.717, 1.165) is 16.8 Å². The number of anilines is 1. The molecule has 0 radical (unpaired) electrons. The third kappa shape index (κ3) is 4.88. The van der Waals surface area contributed by atoms with E-state index in [0.29, 0.717) is 13.0 Å². The van der Waals surface area contributed by atoms with Gasteiger partial charge in [0.05, 0.1) is 0 Å². The van der Waals surface area contributed by atoms with Gasteiger partial charge in [0.25, 0.3) is 0 Å². The minimum Gasteiger partial charge on any atom is -0.338 e. The topological polar surface area (TPSA) is 49.4 Å². The number of aryl methyl sites for hydroxylation is 1. The third-order valence-electron chi connectivity index (χ3n) is 3.63. The minimum absolute atomic E-state index is 0.0120. The van der Waals surface area contributed by atoms with Crippen molar-refractivity contribution in [3.8, 4) is 0 Å². The van der Waals surface area contributed by atoms with Crippen LogP contribution < -0.4 is 5.32 Å². The van der Waals surface area contributed by atoms with Gasteiger partial charge in [0.1, 0.15) is 0 Å². The highest BCUT2D eigenvalue weighted by molar-refractivity contribution is 5.92. The summed E-state index contributed by atoms with van der Waals surface area (Å²) in [7, 11) is 0. The summed E-state index contributed by atoms with van der Waals surface area (Å²) in [5, 5.41) is 2.92. The van der Waals surface area contributed by atoms with Crippen LogP contribution in [0.1, 0.15) is 45.2 Å². The molecule has 1 N–H and O–H groups in total. The Hall–Kier alpha value is -1.84. The molecule has 0 fully saturated rings. The molecule has 0 unspecified atom stereocenters. The van der Waals surface area contributed by atoms with Crippen molar-refractivity contribution in [1.29, 1.82) is 0 Å². The summed E-state index contributed by atoms with van der Waals surface area (Å²) in [4.78, 5) is 25.5. The van der Waals surface area contributed by atoms with E-state index in [4.69, 9.17) is 0 Å². The van der Waals surface area contributed by atoms with Crippen LogP contribution in [-0.2, 0) is 9.59 Å². The highest BCUT2D eigenvalue weighted by Gasteiger charge is 2.24. The number of rotatable bonds is 4. The Balaban J connectivity index is 2.66. The molecule has 1 aromatic carbocycles. The van der Waals surface area contributed by atoms with Crippen molar-refractivity contribution in [3.05, 3.63) is 29.3 Å². The maximum atomic E-state index is 12.1. The maximum Gasteiger partial charge on any atom is 0.226 e. The third-order valence-corrected chi connectivity index (χ3v) is 3.63. The first-order valence-electron chi connectivity index (χ1n) is 7.27. The zero-order valence-corrected chi connectivity index (χ0v) is 13.9. The summed E-state index contributed by atoms with van der Waals surface area (Å²) in [6.07, 6.45) is 0.296. The quantitative estimate of drug-likeness (QED) is 0.925. The summed E-state index contributed by atoms with van der Waals surface area (Å²) < 4.78 is 0. The van der Waals surface area contributed by atoms with Gasteiger partial charge in [-0.25, -0.2) is 0 Å². The van der Waals surface area contributed by atoms with Gasteiger partial charge in [-0.2, -0.15) is 0 Å². The van der Waals surface area contributed by atoms with Crippen molar-refractivity contribution in [2.75, 3.05) is 11.9 Å². The Morgan fingerprint density at radius 1 is 1.19 bits per heavy atom. The SMILES string of the molecule is CC(=O)N(CCC(=O)Nc1cccc(C)c1C)C(C)(C)C. The first-order valence-corrected chi connectivity index (χ1v) is 7.27. The first-order chi connectivity index (χ1) is 9.62. The van der Waals surface area contributed by atoms with E-state index in [1.54, 1.807) is 4.90 Å². The molecule has 116 valence electrons. The van der Waals surface area contributed by atoms with E-state index in [1.807, 2.05) is 52.8 Å². The molecule has 2 amide bonds. The standard InChI is InChI=1S/C17H26N2O2/c1-12-8-7-9-15(13(12)2)18-16(21)10-11-19(14(3)20)17(4,5)6/h7-9H,10-11H2,1-6H3,(H,18,21). The Morgan fingerprint density at radius 3 is 2.33 bits per heavy atom. The number of hydrogen-bond acceptors (Lipinski definition) is 2. The number of nitrogens with one attached hydrogen (secondary N) is 1. The van der Waals surface area contributed by atoms with Crippen LogP contribution >= 0.6 is 0 Å². The minimum atomic E-state index is -0.272. The molecule has 1 aromatic rings. The summed E-state index contributed by atoms with van der Waals surface area (Å²) in [5.74, 6) is -0.0822. The number of nitrogens with zero attached hydrogens (tertiary/aromatic N) is 1. The predicted molar refractivity (Wildman–Crippen MR) is 86.3 cm³/mol. The fourth-order valence-electron chi connectivity index (χ4n) is 2.28. The molecule has 0 atom stereocenters. The summed E-state index contributed by atoms with van der Waals surface area (Å²) >= 11 is 0. The van der Waals surface area contributed by atoms with Crippen molar-refractivity contribution in [3.63, 3.8) is 0 Å². The first kappa shape index (κ1) is 17.2. The van der Waals surface area contributed by atoms with Crippen LogP contribution in [0.3, 0.4) is 0 Å². The fourth-order valence-corrected chi connectivity index (χ4v) is 2.28. The molecule has 0 saturated heterocycles. The molecule has 4 heteroatoms. The Morgan fingerprint density at radius 2 is 1.81 bits per heavy atom. The van der Waals surface area contributed by atoms with Crippen LogP contribution in [0.25, 0.3) is 0 Å². The van der Waals surface area contributed by atoms with Crippen molar-refractivity contribution >= 4 is 17.5 Å². The molecule has 0 aliphatic rings. The van der Waals surface area contributed by atoms with Gasteiger partial charge in [-0.15, -0.1) is 0 Å². The maximum absolute atomic E-state index is 12.1. The molecule has 0 aromatic heterocycles. The second-order valence-electron chi connectivity index (χ2n) is 6.39. The van der Waals surface area contributed by atoms with Gasteiger partial charge in [-0.3, -0.25) is 9.59 Å². The van der Waals surface area contributed by atoms with Gasteiger partial charge >= 0.3 is 0 Å². The molecular formula is C17H26N2O2. The van der Waals surface area contributed by atoms with Crippen molar-refractivity contribution in [2.45, 2.75) is 53.5 Å². The largest absolute Gasteiger partial charge is 0.338 e. The van der Waals surface area contributed by atoms with E-state index >= 15 is 0 Å². The highest BCUT2D eigenvalue weighted by Crippen LogP contribution is 2.19. The van der Waals surface area contributed by atoms with Gasteiger partial charge < -0.3 is 10.2 Å². The second kappa shape index (κ2) is 6.74. The molecule has 4 nitrogen and oxygen atoms in total. The average Bonchev–Trinajstić information content (AvgIpc) is 2.33. The molecule has 1 rings (SSSR count). The smallest absolute Gasteiger partial charge is 0.226 e. The van der Waals surface area contributed by atoms with E-state index in [9.17, 15) is 9.59 Å². The van der Waals surface area contributed by atoms with E-state index in [1.165, 1.54) is 6.92 Å². The van der Waals surface area contributed by atoms with Crippen LogP contribution in [0, 0.1) is 13.8 Å².